The second-order valence-corrected chi connectivity index (χ2v) is 9.33. The van der Waals surface area contributed by atoms with Crippen molar-refractivity contribution in [3.8, 4) is 0 Å². The van der Waals surface area contributed by atoms with Gasteiger partial charge in [0, 0.05) is 12.5 Å². The van der Waals surface area contributed by atoms with Crippen LogP contribution in [0.25, 0.3) is 38.4 Å². The van der Waals surface area contributed by atoms with Gasteiger partial charge in [-0.3, -0.25) is 4.79 Å². The zero-order valence-corrected chi connectivity index (χ0v) is 19.7. The lowest BCUT2D eigenvalue weighted by molar-refractivity contribution is -0.148. The van der Waals surface area contributed by atoms with Gasteiger partial charge in [-0.05, 0) is 90.1 Å². The molecule has 0 saturated carbocycles. The van der Waals surface area contributed by atoms with Crippen molar-refractivity contribution in [1.82, 2.24) is 0 Å². The van der Waals surface area contributed by atoms with Crippen molar-refractivity contribution in [3.05, 3.63) is 65.7 Å². The number of esters is 2. The van der Waals surface area contributed by atoms with Crippen LogP contribution in [0, 0.1) is 0 Å². The second kappa shape index (κ2) is 9.22. The molecule has 0 amide bonds. The summed E-state index contributed by atoms with van der Waals surface area (Å²) in [5.41, 5.74) is 1.55. The van der Waals surface area contributed by atoms with E-state index in [1.54, 1.807) is 0 Å². The lowest BCUT2D eigenvalue weighted by Gasteiger charge is -2.18. The van der Waals surface area contributed by atoms with E-state index in [-0.39, 0.29) is 11.9 Å². The van der Waals surface area contributed by atoms with Gasteiger partial charge in [-0.1, -0.05) is 48.5 Å². The summed E-state index contributed by atoms with van der Waals surface area (Å²) in [6.07, 6.45) is 5.13. The minimum atomic E-state index is -0.549. The van der Waals surface area contributed by atoms with Gasteiger partial charge < -0.3 is 9.47 Å². The second-order valence-electron chi connectivity index (χ2n) is 9.33. The van der Waals surface area contributed by atoms with Gasteiger partial charge in [0.1, 0.15) is 5.60 Å². The van der Waals surface area contributed by atoms with Crippen LogP contribution in [0.3, 0.4) is 0 Å². The van der Waals surface area contributed by atoms with Crippen LogP contribution in [0.2, 0.25) is 0 Å². The molecule has 0 heterocycles. The summed E-state index contributed by atoms with van der Waals surface area (Å²) in [6, 6.07) is 17.1. The zero-order chi connectivity index (χ0) is 23.6. The first-order chi connectivity index (χ1) is 15.8. The molecule has 0 atom stereocenters. The number of aryl methyl sites for hydroxylation is 1. The molecular formula is C29H30O4. The van der Waals surface area contributed by atoms with Gasteiger partial charge in [-0.2, -0.15) is 0 Å². The quantitative estimate of drug-likeness (QED) is 0.179. The third kappa shape index (κ3) is 5.00. The SMILES string of the molecule is CCOC(=O)CCCc1cc2ccc3cccc4ccc(c1/C=C/C(=O)OC(C)(C)C)c2c34. The highest BCUT2D eigenvalue weighted by molar-refractivity contribution is 6.24. The molecule has 4 aromatic rings. The van der Waals surface area contributed by atoms with Crippen LogP contribution in [-0.2, 0) is 25.5 Å². The summed E-state index contributed by atoms with van der Waals surface area (Å²) in [7, 11) is 0. The van der Waals surface area contributed by atoms with E-state index in [0.717, 1.165) is 21.9 Å². The fourth-order valence-corrected chi connectivity index (χ4v) is 4.44. The monoisotopic (exact) mass is 442 g/mol. The van der Waals surface area contributed by atoms with E-state index in [4.69, 9.17) is 9.47 Å². The van der Waals surface area contributed by atoms with Crippen molar-refractivity contribution < 1.29 is 19.1 Å². The minimum absolute atomic E-state index is 0.180. The maximum atomic E-state index is 12.4. The standard InChI is InChI=1S/C29H30O4/c1-5-32-25(30)11-7-10-21-18-22-13-12-19-8-6-9-20-14-15-24(28(22)27(19)20)23(21)16-17-26(31)33-29(2,3)4/h6,8-9,12-18H,5,7,10-11H2,1-4H3/b17-16+. The molecule has 4 rings (SSSR count). The maximum absolute atomic E-state index is 12.4. The van der Waals surface area contributed by atoms with Crippen molar-refractivity contribution in [3.63, 3.8) is 0 Å². The first kappa shape index (κ1) is 22.8. The minimum Gasteiger partial charge on any atom is -0.466 e. The van der Waals surface area contributed by atoms with Gasteiger partial charge in [-0.15, -0.1) is 0 Å². The fourth-order valence-electron chi connectivity index (χ4n) is 4.44. The number of hydrogen-bond donors (Lipinski definition) is 0. The van der Waals surface area contributed by atoms with Gasteiger partial charge in [0.15, 0.2) is 0 Å². The molecule has 0 spiro atoms. The molecule has 0 N–H and O–H groups in total. The number of carbonyl (C=O) groups excluding carboxylic acids is 2. The molecule has 0 aliphatic rings. The Morgan fingerprint density at radius 3 is 2.33 bits per heavy atom. The lowest BCUT2D eigenvalue weighted by atomic mass is 9.88. The summed E-state index contributed by atoms with van der Waals surface area (Å²) in [6.45, 7) is 7.78. The Morgan fingerprint density at radius 2 is 1.64 bits per heavy atom. The highest BCUT2D eigenvalue weighted by atomic mass is 16.6. The number of hydrogen-bond acceptors (Lipinski definition) is 4. The van der Waals surface area contributed by atoms with Crippen molar-refractivity contribution in [2.45, 2.75) is 52.6 Å². The van der Waals surface area contributed by atoms with E-state index in [2.05, 4.69) is 48.5 Å². The Hall–Kier alpha value is -3.40. The highest BCUT2D eigenvalue weighted by Crippen LogP contribution is 2.38. The van der Waals surface area contributed by atoms with Gasteiger partial charge in [0.05, 0.1) is 6.61 Å². The summed E-state index contributed by atoms with van der Waals surface area (Å²) in [4.78, 5) is 24.3. The molecule has 4 heteroatoms. The van der Waals surface area contributed by atoms with Crippen LogP contribution in [0.15, 0.2) is 54.6 Å². The van der Waals surface area contributed by atoms with Gasteiger partial charge >= 0.3 is 11.9 Å². The lowest BCUT2D eigenvalue weighted by Crippen LogP contribution is -2.22. The van der Waals surface area contributed by atoms with E-state index < -0.39 is 5.60 Å². The fraction of sp³-hybridized carbons (Fsp3) is 0.310. The first-order valence-electron chi connectivity index (χ1n) is 11.5. The molecule has 0 aromatic heterocycles. The third-order valence-corrected chi connectivity index (χ3v) is 5.70. The molecule has 0 aliphatic heterocycles. The normalized spacial score (nSPS) is 12.2. The largest absolute Gasteiger partial charge is 0.466 e. The van der Waals surface area contributed by atoms with E-state index in [1.165, 1.54) is 27.6 Å². The number of benzene rings is 4. The molecule has 0 radical (unpaired) electrons. The van der Waals surface area contributed by atoms with Crippen LogP contribution in [0.5, 0.6) is 0 Å². The predicted octanol–water partition coefficient (Wildman–Crippen LogP) is 6.82. The summed E-state index contributed by atoms with van der Waals surface area (Å²) < 4.78 is 10.6. The number of rotatable bonds is 7. The van der Waals surface area contributed by atoms with Crippen LogP contribution in [0.4, 0.5) is 0 Å². The Balaban J connectivity index is 1.81. The Labute approximate surface area is 194 Å². The van der Waals surface area contributed by atoms with Crippen LogP contribution in [-0.4, -0.2) is 24.1 Å². The van der Waals surface area contributed by atoms with Gasteiger partial charge in [-0.25, -0.2) is 4.79 Å². The molecule has 0 aliphatic carbocycles. The third-order valence-electron chi connectivity index (χ3n) is 5.70. The van der Waals surface area contributed by atoms with E-state index in [0.29, 0.717) is 25.9 Å². The zero-order valence-electron chi connectivity index (χ0n) is 19.7. The van der Waals surface area contributed by atoms with Crippen molar-refractivity contribution >= 4 is 50.3 Å². The maximum Gasteiger partial charge on any atom is 0.331 e. The smallest absolute Gasteiger partial charge is 0.331 e. The summed E-state index contributed by atoms with van der Waals surface area (Å²) >= 11 is 0. The van der Waals surface area contributed by atoms with Crippen molar-refractivity contribution in [2.24, 2.45) is 0 Å². The molecule has 33 heavy (non-hydrogen) atoms. The summed E-state index contributed by atoms with van der Waals surface area (Å²) in [5.74, 6) is -0.549. The van der Waals surface area contributed by atoms with E-state index in [1.807, 2.05) is 33.8 Å². The van der Waals surface area contributed by atoms with E-state index in [9.17, 15) is 9.59 Å². The van der Waals surface area contributed by atoms with Crippen molar-refractivity contribution in [2.75, 3.05) is 6.61 Å². The Kier molecular flexibility index (Phi) is 6.37. The van der Waals surface area contributed by atoms with Crippen LogP contribution in [0.1, 0.15) is 51.7 Å². The highest BCUT2D eigenvalue weighted by Gasteiger charge is 2.16. The molecule has 0 fully saturated rings. The topological polar surface area (TPSA) is 52.6 Å². The van der Waals surface area contributed by atoms with E-state index >= 15 is 0 Å². The number of ether oxygens (including phenoxy) is 2. The number of carbonyl (C=O) groups is 2. The van der Waals surface area contributed by atoms with Crippen molar-refractivity contribution in [1.29, 1.82) is 0 Å². The Bertz CT molecular complexity index is 1330. The predicted molar refractivity (Wildman–Crippen MR) is 135 cm³/mol. The molecule has 0 unspecified atom stereocenters. The average Bonchev–Trinajstić information content (AvgIpc) is 2.75. The molecule has 170 valence electrons. The molecular weight excluding hydrogens is 412 g/mol. The van der Waals surface area contributed by atoms with Gasteiger partial charge in [0.25, 0.3) is 0 Å². The molecule has 4 aromatic carbocycles. The Morgan fingerprint density at radius 1 is 0.939 bits per heavy atom. The molecule has 4 nitrogen and oxygen atoms in total. The molecule has 0 bridgehead atoms. The van der Waals surface area contributed by atoms with Crippen LogP contribution < -0.4 is 0 Å². The first-order valence-corrected chi connectivity index (χ1v) is 11.5. The van der Waals surface area contributed by atoms with Gasteiger partial charge in [0.2, 0.25) is 0 Å². The molecule has 0 saturated heterocycles. The van der Waals surface area contributed by atoms with Crippen LogP contribution >= 0.6 is 0 Å². The summed E-state index contributed by atoms with van der Waals surface area (Å²) in [5, 5.41) is 7.09. The average molecular weight is 443 g/mol.